The molecule has 2 fully saturated rings. The number of benzene rings is 1. The first-order valence-corrected chi connectivity index (χ1v) is 9.56. The molecule has 3 atom stereocenters. The van der Waals surface area contributed by atoms with Crippen molar-refractivity contribution in [2.45, 2.75) is 38.1 Å². The van der Waals surface area contributed by atoms with E-state index in [1.54, 1.807) is 0 Å². The Morgan fingerprint density at radius 3 is 2.59 bits per heavy atom. The minimum absolute atomic E-state index is 0. The first-order valence-electron chi connectivity index (χ1n) is 9.56. The molecule has 1 saturated heterocycles. The van der Waals surface area contributed by atoms with Crippen molar-refractivity contribution >= 4 is 24.0 Å². The second-order valence-electron chi connectivity index (χ2n) is 7.85. The number of piperidine rings is 1. The lowest BCUT2D eigenvalue weighted by molar-refractivity contribution is 0.177. The third-order valence-corrected chi connectivity index (χ3v) is 6.37. The highest BCUT2D eigenvalue weighted by molar-refractivity contribution is 5.85. The third-order valence-electron chi connectivity index (χ3n) is 6.37. The smallest absolute Gasteiger partial charge is 0.246 e. The molecule has 2 bridgehead atoms. The molecule has 27 heavy (non-hydrogen) atoms. The van der Waals surface area contributed by atoms with Gasteiger partial charge in [0, 0.05) is 24.2 Å². The van der Waals surface area contributed by atoms with Gasteiger partial charge in [-0.2, -0.15) is 4.98 Å². The first kappa shape index (κ1) is 18.6. The highest BCUT2D eigenvalue weighted by atomic mass is 35.5. The van der Waals surface area contributed by atoms with Gasteiger partial charge in [-0.3, -0.25) is 0 Å². The van der Waals surface area contributed by atoms with Crippen LogP contribution in [-0.2, 0) is 6.54 Å². The van der Waals surface area contributed by atoms with Crippen molar-refractivity contribution in [2.75, 3.05) is 18.4 Å². The molecular formula is C19H24ClF2N5. The number of nitrogens with one attached hydrogen (secondary N) is 2. The summed E-state index contributed by atoms with van der Waals surface area (Å²) in [5.74, 6) is 2.43. The largest absolute Gasteiger partial charge is 0.323 e. The van der Waals surface area contributed by atoms with Gasteiger partial charge in [-0.1, -0.05) is 0 Å². The fourth-order valence-corrected chi connectivity index (χ4v) is 5.29. The maximum atomic E-state index is 13.4. The monoisotopic (exact) mass is 395 g/mol. The summed E-state index contributed by atoms with van der Waals surface area (Å²) in [7, 11) is 0. The summed E-state index contributed by atoms with van der Waals surface area (Å²) < 4.78 is 28.6. The van der Waals surface area contributed by atoms with Gasteiger partial charge < -0.3 is 10.6 Å². The van der Waals surface area contributed by atoms with Crippen LogP contribution in [0.4, 0.5) is 20.4 Å². The number of anilines is 2. The fraction of sp³-hybridized carbons (Fsp3) is 0.579. The van der Waals surface area contributed by atoms with Gasteiger partial charge in [-0.25, -0.2) is 13.5 Å². The normalized spacial score (nSPS) is 29.1. The van der Waals surface area contributed by atoms with Crippen molar-refractivity contribution in [3.05, 3.63) is 35.7 Å². The molecular weight excluding hydrogens is 372 g/mol. The van der Waals surface area contributed by atoms with Crippen LogP contribution >= 0.6 is 12.4 Å². The Kier molecular flexibility index (Phi) is 5.07. The van der Waals surface area contributed by atoms with Gasteiger partial charge in [0.05, 0.1) is 0 Å². The van der Waals surface area contributed by atoms with E-state index in [1.807, 2.05) is 4.68 Å². The van der Waals surface area contributed by atoms with Crippen molar-refractivity contribution in [2.24, 2.45) is 17.8 Å². The van der Waals surface area contributed by atoms with E-state index < -0.39 is 11.6 Å². The molecule has 3 heterocycles. The Morgan fingerprint density at radius 2 is 1.85 bits per heavy atom. The zero-order valence-corrected chi connectivity index (χ0v) is 15.8. The summed E-state index contributed by atoms with van der Waals surface area (Å²) in [5, 5.41) is 11.2. The first-order chi connectivity index (χ1) is 12.7. The summed E-state index contributed by atoms with van der Waals surface area (Å²) in [5.41, 5.74) is 0.463. The van der Waals surface area contributed by atoms with Crippen molar-refractivity contribution in [1.82, 2.24) is 20.1 Å². The van der Waals surface area contributed by atoms with E-state index in [4.69, 9.17) is 4.98 Å². The Labute approximate surface area is 163 Å². The molecule has 0 spiro atoms. The summed E-state index contributed by atoms with van der Waals surface area (Å²) in [6.45, 7) is 3.11. The zero-order chi connectivity index (χ0) is 17.7. The van der Waals surface area contributed by atoms with E-state index in [0.717, 1.165) is 55.8 Å². The van der Waals surface area contributed by atoms with Crippen LogP contribution in [0.1, 0.15) is 37.4 Å². The molecule has 2 aromatic rings. The molecule has 0 radical (unpaired) electrons. The Morgan fingerprint density at radius 1 is 1.07 bits per heavy atom. The molecule has 1 saturated carbocycles. The summed E-state index contributed by atoms with van der Waals surface area (Å²) >= 11 is 0. The number of hydrogen-bond acceptors (Lipinski definition) is 4. The maximum Gasteiger partial charge on any atom is 0.246 e. The van der Waals surface area contributed by atoms with Crippen LogP contribution < -0.4 is 10.6 Å². The Bertz CT molecular complexity index is 810. The standard InChI is InChI=1S/C19H23F2N5.ClH/c20-15-6-5-13(8-16(15)21)23-19-24-18-14(2-1-7-26(18)25-19)17-11-3-4-12(17)10-22-9-11;/h5-6,8,11-12,14,17,22H,1-4,7,9-10H2,(H,23,25);1H. The van der Waals surface area contributed by atoms with E-state index in [1.165, 1.54) is 25.3 Å². The minimum atomic E-state index is -0.872. The number of aryl methyl sites for hydroxylation is 1. The lowest BCUT2D eigenvalue weighted by Crippen LogP contribution is -2.42. The molecule has 3 unspecified atom stereocenters. The quantitative estimate of drug-likeness (QED) is 0.829. The van der Waals surface area contributed by atoms with Crippen LogP contribution in [0.2, 0.25) is 0 Å². The molecule has 8 heteroatoms. The fourth-order valence-electron chi connectivity index (χ4n) is 5.29. The second-order valence-corrected chi connectivity index (χ2v) is 7.85. The highest BCUT2D eigenvalue weighted by Gasteiger charge is 2.45. The zero-order valence-electron chi connectivity index (χ0n) is 15.0. The second kappa shape index (κ2) is 7.36. The van der Waals surface area contributed by atoms with Crippen LogP contribution in [0.15, 0.2) is 18.2 Å². The summed E-state index contributed by atoms with van der Waals surface area (Å²) in [4.78, 5) is 4.76. The summed E-state index contributed by atoms with van der Waals surface area (Å²) in [6, 6.07) is 3.76. The van der Waals surface area contributed by atoms with Gasteiger partial charge >= 0.3 is 0 Å². The molecule has 146 valence electrons. The SMILES string of the molecule is Cl.Fc1ccc(Nc2nc3n(n2)CCCC3C2C3CCC2CNC3)cc1F. The van der Waals surface area contributed by atoms with E-state index in [9.17, 15) is 8.78 Å². The lowest BCUT2D eigenvalue weighted by Gasteiger charge is -2.38. The van der Waals surface area contributed by atoms with Crippen LogP contribution in [0.3, 0.4) is 0 Å². The van der Waals surface area contributed by atoms with Crippen LogP contribution in [0.5, 0.6) is 0 Å². The number of fused-ring (bicyclic) bond motifs is 3. The molecule has 0 amide bonds. The number of aromatic nitrogens is 3. The van der Waals surface area contributed by atoms with Crippen molar-refractivity contribution < 1.29 is 8.78 Å². The molecule has 1 aromatic carbocycles. The van der Waals surface area contributed by atoms with Gasteiger partial charge in [-0.05, 0) is 68.7 Å². The van der Waals surface area contributed by atoms with Gasteiger partial charge in [0.2, 0.25) is 5.95 Å². The summed E-state index contributed by atoms with van der Waals surface area (Å²) in [6.07, 6.45) is 4.91. The molecule has 2 aliphatic heterocycles. The van der Waals surface area contributed by atoms with E-state index in [-0.39, 0.29) is 12.4 Å². The average molecular weight is 396 g/mol. The topological polar surface area (TPSA) is 54.8 Å². The van der Waals surface area contributed by atoms with Gasteiger partial charge in [0.15, 0.2) is 11.6 Å². The third kappa shape index (κ3) is 3.31. The maximum absolute atomic E-state index is 13.4. The molecule has 3 aliphatic rings. The number of rotatable bonds is 3. The van der Waals surface area contributed by atoms with E-state index >= 15 is 0 Å². The molecule has 2 N–H and O–H groups in total. The lowest BCUT2D eigenvalue weighted by atomic mass is 9.73. The van der Waals surface area contributed by atoms with Crippen molar-refractivity contribution in [1.29, 1.82) is 0 Å². The molecule has 5 rings (SSSR count). The van der Waals surface area contributed by atoms with Crippen molar-refractivity contribution in [3.63, 3.8) is 0 Å². The predicted octanol–water partition coefficient (Wildman–Crippen LogP) is 3.84. The Balaban J connectivity index is 0.00000180. The number of nitrogens with zero attached hydrogens (tertiary/aromatic N) is 3. The number of hydrogen-bond donors (Lipinski definition) is 2. The van der Waals surface area contributed by atoms with Gasteiger partial charge in [0.1, 0.15) is 5.82 Å². The van der Waals surface area contributed by atoms with E-state index in [0.29, 0.717) is 23.5 Å². The Hall–Kier alpha value is -1.73. The minimum Gasteiger partial charge on any atom is -0.323 e. The molecule has 1 aliphatic carbocycles. The van der Waals surface area contributed by atoms with Crippen LogP contribution in [0, 0.1) is 29.4 Å². The number of halogens is 3. The van der Waals surface area contributed by atoms with E-state index in [2.05, 4.69) is 15.7 Å². The van der Waals surface area contributed by atoms with Crippen LogP contribution in [0.25, 0.3) is 0 Å². The predicted molar refractivity (Wildman–Crippen MR) is 101 cm³/mol. The van der Waals surface area contributed by atoms with Gasteiger partial charge in [-0.15, -0.1) is 17.5 Å². The molecule has 5 nitrogen and oxygen atoms in total. The highest BCUT2D eigenvalue weighted by Crippen LogP contribution is 2.49. The van der Waals surface area contributed by atoms with Crippen molar-refractivity contribution in [3.8, 4) is 0 Å². The van der Waals surface area contributed by atoms with Crippen LogP contribution in [-0.4, -0.2) is 27.9 Å². The van der Waals surface area contributed by atoms with Gasteiger partial charge in [0.25, 0.3) is 0 Å². The average Bonchev–Trinajstić information content (AvgIpc) is 3.15. The molecule has 1 aromatic heterocycles.